The topological polar surface area (TPSA) is 74.8 Å². The van der Waals surface area contributed by atoms with E-state index in [1.165, 1.54) is 27.3 Å². The molecule has 1 aliphatic heterocycles. The molecule has 0 saturated carbocycles. The Morgan fingerprint density at radius 3 is 2.54 bits per heavy atom. The Morgan fingerprint density at radius 1 is 1.13 bits per heavy atom. The zero-order valence-electron chi connectivity index (χ0n) is 22.1. The average Bonchev–Trinajstić information content (AvgIpc) is 3.43. The van der Waals surface area contributed by atoms with E-state index in [-0.39, 0.29) is 17.0 Å². The number of rotatable bonds is 10. The lowest BCUT2D eigenvalue weighted by atomic mass is 9.91. The van der Waals surface area contributed by atoms with Crippen LogP contribution >= 0.6 is 22.9 Å². The molecule has 5 rings (SSSR count). The summed E-state index contributed by atoms with van der Waals surface area (Å²) in [5, 5.41) is 6.04. The molecule has 4 aromatic rings. The van der Waals surface area contributed by atoms with Crippen LogP contribution in [0, 0.1) is 6.92 Å². The molecular weight excluding hydrogens is 552 g/mol. The lowest BCUT2D eigenvalue weighted by molar-refractivity contribution is 0.0906. The fourth-order valence-corrected chi connectivity index (χ4v) is 7.49. The van der Waals surface area contributed by atoms with Crippen LogP contribution in [0.2, 0.25) is 5.02 Å². The third kappa shape index (κ3) is 6.06. The molecule has 0 atom stereocenters. The number of ether oxygens (including phenoxy) is 1. The second-order valence-corrected chi connectivity index (χ2v) is 13.2. The van der Waals surface area contributed by atoms with E-state index in [2.05, 4.69) is 46.4 Å². The molecule has 1 N–H and O–H groups in total. The number of halogens is 1. The standard InChI is InChI=1S/C29H31ClN4O3S2/c1-21-15-24(37-3)10-9-23(21)18-34(28-31-13-14-38-28)39(35,36)25-11-12-27(26(30)16-25)32-29(2)19-33(20-29)17-22-7-5-4-6-8-22/h4-16,32H,17-20H2,1-3H3. The number of anilines is 2. The van der Waals surface area contributed by atoms with Crippen LogP contribution in [0.3, 0.4) is 0 Å². The van der Waals surface area contributed by atoms with Gasteiger partial charge in [0.25, 0.3) is 10.0 Å². The summed E-state index contributed by atoms with van der Waals surface area (Å²) < 4.78 is 34.4. The van der Waals surface area contributed by atoms with Gasteiger partial charge in [0.2, 0.25) is 0 Å². The normalized spacial score (nSPS) is 15.0. The molecule has 0 spiro atoms. The number of aromatic nitrogens is 1. The maximum atomic E-state index is 13.9. The quantitative estimate of drug-likeness (QED) is 0.240. The Labute approximate surface area is 239 Å². The molecule has 7 nitrogen and oxygen atoms in total. The van der Waals surface area contributed by atoms with Gasteiger partial charge in [0.15, 0.2) is 5.13 Å². The van der Waals surface area contributed by atoms with Crippen molar-refractivity contribution >= 4 is 43.8 Å². The van der Waals surface area contributed by atoms with Gasteiger partial charge in [-0.05, 0) is 60.9 Å². The Balaban J connectivity index is 1.33. The van der Waals surface area contributed by atoms with Crippen LogP contribution in [0.25, 0.3) is 0 Å². The third-order valence-electron chi connectivity index (χ3n) is 6.86. The van der Waals surface area contributed by atoms with E-state index < -0.39 is 10.0 Å². The predicted octanol–water partition coefficient (Wildman–Crippen LogP) is 6.20. The number of nitrogens with zero attached hydrogens (tertiary/aromatic N) is 3. The number of sulfonamides is 1. The van der Waals surface area contributed by atoms with Gasteiger partial charge in [0, 0.05) is 31.2 Å². The Kier molecular flexibility index (Phi) is 7.87. The van der Waals surface area contributed by atoms with Crippen LogP contribution in [0.1, 0.15) is 23.6 Å². The summed E-state index contributed by atoms with van der Waals surface area (Å²) in [7, 11) is -2.34. The van der Waals surface area contributed by atoms with E-state index in [0.717, 1.165) is 36.5 Å². The van der Waals surface area contributed by atoms with E-state index in [1.54, 1.807) is 30.8 Å². The fraction of sp³-hybridized carbons (Fsp3) is 0.276. The van der Waals surface area contributed by atoms with Crippen molar-refractivity contribution in [3.8, 4) is 5.75 Å². The zero-order chi connectivity index (χ0) is 27.6. The van der Waals surface area contributed by atoms with Crippen molar-refractivity contribution in [2.75, 3.05) is 29.8 Å². The van der Waals surface area contributed by atoms with Gasteiger partial charge in [-0.3, -0.25) is 4.90 Å². The minimum absolute atomic E-state index is 0.115. The smallest absolute Gasteiger partial charge is 0.266 e. The molecule has 10 heteroatoms. The first-order valence-corrected chi connectivity index (χ1v) is 15.3. The fourth-order valence-electron chi connectivity index (χ4n) is 4.91. The van der Waals surface area contributed by atoms with Gasteiger partial charge in [-0.15, -0.1) is 11.3 Å². The molecule has 1 saturated heterocycles. The number of aryl methyl sites for hydroxylation is 1. The number of likely N-dealkylation sites (tertiary alicyclic amines) is 1. The molecule has 204 valence electrons. The highest BCUT2D eigenvalue weighted by Crippen LogP contribution is 2.35. The summed E-state index contributed by atoms with van der Waals surface area (Å²) in [6.45, 7) is 6.83. The number of methoxy groups -OCH3 is 1. The van der Waals surface area contributed by atoms with E-state index in [4.69, 9.17) is 16.3 Å². The number of benzene rings is 3. The van der Waals surface area contributed by atoms with Crippen LogP contribution in [-0.4, -0.2) is 44.0 Å². The minimum Gasteiger partial charge on any atom is -0.497 e. The first-order chi connectivity index (χ1) is 18.7. The zero-order valence-corrected chi connectivity index (χ0v) is 24.5. The Bertz CT molecular complexity index is 1540. The lowest BCUT2D eigenvalue weighted by Gasteiger charge is -2.49. The van der Waals surface area contributed by atoms with Crippen molar-refractivity contribution in [2.24, 2.45) is 0 Å². The van der Waals surface area contributed by atoms with Crippen LogP contribution < -0.4 is 14.4 Å². The molecule has 0 aliphatic carbocycles. The first kappa shape index (κ1) is 27.5. The number of hydrogen-bond donors (Lipinski definition) is 1. The van der Waals surface area contributed by atoms with Crippen molar-refractivity contribution in [1.82, 2.24) is 9.88 Å². The highest BCUT2D eigenvalue weighted by molar-refractivity contribution is 7.93. The molecule has 0 radical (unpaired) electrons. The summed E-state index contributed by atoms with van der Waals surface area (Å²) in [6.07, 6.45) is 1.60. The lowest BCUT2D eigenvalue weighted by Crippen LogP contribution is -2.63. The van der Waals surface area contributed by atoms with E-state index >= 15 is 0 Å². The van der Waals surface area contributed by atoms with Crippen LogP contribution in [0.4, 0.5) is 10.8 Å². The van der Waals surface area contributed by atoms with Crippen molar-refractivity contribution < 1.29 is 13.2 Å². The molecule has 0 amide bonds. The largest absolute Gasteiger partial charge is 0.497 e. The molecule has 1 fully saturated rings. The first-order valence-electron chi connectivity index (χ1n) is 12.6. The van der Waals surface area contributed by atoms with Gasteiger partial charge in [0.05, 0.1) is 34.8 Å². The van der Waals surface area contributed by atoms with Crippen molar-refractivity contribution in [2.45, 2.75) is 37.4 Å². The predicted molar refractivity (Wildman–Crippen MR) is 158 cm³/mol. The second kappa shape index (κ2) is 11.2. The molecule has 0 unspecified atom stereocenters. The van der Waals surface area contributed by atoms with Gasteiger partial charge in [-0.25, -0.2) is 17.7 Å². The summed E-state index contributed by atoms with van der Waals surface area (Å²) in [5.74, 6) is 0.720. The summed E-state index contributed by atoms with van der Waals surface area (Å²) in [5.41, 5.74) is 3.62. The Hall–Kier alpha value is -3.11. The van der Waals surface area contributed by atoms with Gasteiger partial charge in [0.1, 0.15) is 5.75 Å². The monoisotopic (exact) mass is 582 g/mol. The highest BCUT2D eigenvalue weighted by atomic mass is 35.5. The molecule has 2 heterocycles. The minimum atomic E-state index is -3.94. The summed E-state index contributed by atoms with van der Waals surface area (Å²) >= 11 is 7.92. The molecule has 0 bridgehead atoms. The van der Waals surface area contributed by atoms with Crippen LogP contribution in [0.5, 0.6) is 5.75 Å². The maximum absolute atomic E-state index is 13.9. The van der Waals surface area contributed by atoms with E-state index in [0.29, 0.717) is 15.8 Å². The number of nitrogens with one attached hydrogen (secondary N) is 1. The highest BCUT2D eigenvalue weighted by Gasteiger charge is 2.39. The maximum Gasteiger partial charge on any atom is 0.266 e. The number of hydrogen-bond acceptors (Lipinski definition) is 7. The van der Waals surface area contributed by atoms with Gasteiger partial charge >= 0.3 is 0 Å². The SMILES string of the molecule is COc1ccc(CN(c2nccs2)S(=O)(=O)c2ccc(NC3(C)CN(Cc4ccccc4)C3)c(Cl)c2)c(C)c1. The molecule has 1 aliphatic rings. The van der Waals surface area contributed by atoms with E-state index in [9.17, 15) is 8.42 Å². The Morgan fingerprint density at radius 2 is 1.90 bits per heavy atom. The van der Waals surface area contributed by atoms with Crippen molar-refractivity contribution in [1.29, 1.82) is 0 Å². The second-order valence-electron chi connectivity index (χ2n) is 10.1. The van der Waals surface area contributed by atoms with Gasteiger partial charge in [-0.1, -0.05) is 48.0 Å². The number of thiazole rings is 1. The van der Waals surface area contributed by atoms with Crippen molar-refractivity contribution in [3.05, 3.63) is 100 Å². The summed E-state index contributed by atoms with van der Waals surface area (Å²) in [6, 6.07) is 20.9. The van der Waals surface area contributed by atoms with Crippen LogP contribution in [-0.2, 0) is 23.1 Å². The summed E-state index contributed by atoms with van der Waals surface area (Å²) in [4.78, 5) is 6.78. The van der Waals surface area contributed by atoms with E-state index in [1.807, 2.05) is 31.2 Å². The van der Waals surface area contributed by atoms with Gasteiger partial charge < -0.3 is 10.1 Å². The molecular formula is C29H31ClN4O3S2. The average molecular weight is 583 g/mol. The third-order valence-corrected chi connectivity index (χ3v) is 9.81. The molecule has 3 aromatic carbocycles. The van der Waals surface area contributed by atoms with Crippen molar-refractivity contribution in [3.63, 3.8) is 0 Å². The molecule has 39 heavy (non-hydrogen) atoms. The van der Waals surface area contributed by atoms with Gasteiger partial charge in [-0.2, -0.15) is 0 Å². The molecule has 1 aromatic heterocycles. The van der Waals surface area contributed by atoms with Crippen LogP contribution in [0.15, 0.2) is 83.2 Å².